The van der Waals surface area contributed by atoms with Crippen LogP contribution in [0.2, 0.25) is 5.02 Å². The highest BCUT2D eigenvalue weighted by Crippen LogP contribution is 2.18. The molecule has 0 radical (unpaired) electrons. The maximum absolute atomic E-state index is 11.9. The second kappa shape index (κ2) is 9.12. The van der Waals surface area contributed by atoms with E-state index in [0.29, 0.717) is 18.0 Å². The molecule has 0 aliphatic carbocycles. The van der Waals surface area contributed by atoms with Crippen molar-refractivity contribution in [3.63, 3.8) is 0 Å². The van der Waals surface area contributed by atoms with Crippen LogP contribution >= 0.6 is 11.6 Å². The molecule has 0 unspecified atom stereocenters. The predicted molar refractivity (Wildman–Crippen MR) is 89.2 cm³/mol. The Kier molecular flexibility index (Phi) is 7.85. The van der Waals surface area contributed by atoms with Crippen LogP contribution in [0.15, 0.2) is 24.3 Å². The van der Waals surface area contributed by atoms with E-state index in [2.05, 4.69) is 5.32 Å². The summed E-state index contributed by atoms with van der Waals surface area (Å²) in [5.74, 6) is -0.0481. The summed E-state index contributed by atoms with van der Waals surface area (Å²) in [6.07, 6.45) is 3.42. The molecule has 1 N–H and O–H groups in total. The molecule has 1 amide bonds. The summed E-state index contributed by atoms with van der Waals surface area (Å²) in [6, 6.07) is 7.13. The summed E-state index contributed by atoms with van der Waals surface area (Å²) < 4.78 is 25.0. The number of sulfonamides is 1. The molecule has 0 saturated carbocycles. The highest BCUT2D eigenvalue weighted by atomic mass is 35.5. The van der Waals surface area contributed by atoms with Gasteiger partial charge in [0.25, 0.3) is 0 Å². The number of unbranched alkanes of at least 4 members (excludes halogenated alkanes) is 1. The van der Waals surface area contributed by atoms with E-state index in [1.165, 1.54) is 4.31 Å². The van der Waals surface area contributed by atoms with Crippen molar-refractivity contribution >= 4 is 27.5 Å². The molecule has 1 rings (SSSR count). The molecule has 0 aliphatic rings. The fraction of sp³-hybridized carbons (Fsp3) is 0.533. The number of carbonyl (C=O) groups excluding carboxylic acids is 1. The first-order valence-corrected chi connectivity index (χ1v) is 9.52. The predicted octanol–water partition coefficient (Wildman–Crippen LogP) is 2.41. The highest BCUT2D eigenvalue weighted by molar-refractivity contribution is 7.88. The first-order chi connectivity index (χ1) is 10.3. The van der Waals surface area contributed by atoms with Crippen molar-refractivity contribution in [2.75, 3.05) is 19.3 Å². The molecule has 5 nitrogen and oxygen atoms in total. The molecule has 0 aliphatic heterocycles. The number of amides is 1. The minimum Gasteiger partial charge on any atom is -0.355 e. The van der Waals surface area contributed by atoms with Gasteiger partial charge in [-0.1, -0.05) is 43.1 Å². The van der Waals surface area contributed by atoms with Crippen LogP contribution in [0, 0.1) is 0 Å². The van der Waals surface area contributed by atoms with Gasteiger partial charge in [0.1, 0.15) is 0 Å². The van der Waals surface area contributed by atoms with Gasteiger partial charge in [-0.05, 0) is 18.1 Å². The highest BCUT2D eigenvalue weighted by Gasteiger charge is 2.18. The van der Waals surface area contributed by atoms with E-state index in [4.69, 9.17) is 11.6 Å². The molecule has 0 aromatic heterocycles. The Morgan fingerprint density at radius 3 is 2.59 bits per heavy atom. The number of nitrogens with zero attached hydrogens (tertiary/aromatic N) is 1. The molecule has 0 bridgehead atoms. The summed E-state index contributed by atoms with van der Waals surface area (Å²) in [4.78, 5) is 11.5. The lowest BCUT2D eigenvalue weighted by atomic mass is 10.2. The zero-order valence-electron chi connectivity index (χ0n) is 13.0. The average molecular weight is 347 g/mol. The molecule has 0 spiro atoms. The zero-order chi connectivity index (χ0) is 16.6. The van der Waals surface area contributed by atoms with Crippen molar-refractivity contribution in [3.05, 3.63) is 34.9 Å². The van der Waals surface area contributed by atoms with Crippen LogP contribution in [0.1, 0.15) is 31.7 Å². The van der Waals surface area contributed by atoms with Gasteiger partial charge in [0.05, 0.1) is 6.26 Å². The van der Waals surface area contributed by atoms with Crippen molar-refractivity contribution in [2.45, 2.75) is 32.7 Å². The second-order valence-electron chi connectivity index (χ2n) is 5.14. The SMILES string of the molecule is CCCCC(=O)NCCN(Cc1ccccc1Cl)S(C)(=O)=O. The van der Waals surface area contributed by atoms with Crippen molar-refractivity contribution in [1.82, 2.24) is 9.62 Å². The minimum absolute atomic E-state index is 0.0481. The van der Waals surface area contributed by atoms with E-state index in [-0.39, 0.29) is 19.0 Å². The van der Waals surface area contributed by atoms with Crippen LogP contribution < -0.4 is 5.32 Å². The van der Waals surface area contributed by atoms with E-state index >= 15 is 0 Å². The standard InChI is InChI=1S/C15H23ClN2O3S/c1-3-4-9-15(19)17-10-11-18(22(2,20)21)12-13-7-5-6-8-14(13)16/h5-8H,3-4,9-12H2,1-2H3,(H,17,19). The summed E-state index contributed by atoms with van der Waals surface area (Å²) >= 11 is 6.07. The molecule has 7 heteroatoms. The molecule has 0 fully saturated rings. The Morgan fingerprint density at radius 1 is 1.32 bits per heavy atom. The lowest BCUT2D eigenvalue weighted by molar-refractivity contribution is -0.121. The number of carbonyl (C=O) groups is 1. The first kappa shape index (κ1) is 18.9. The van der Waals surface area contributed by atoms with Gasteiger partial charge < -0.3 is 5.32 Å². The van der Waals surface area contributed by atoms with Crippen LogP contribution in [0.5, 0.6) is 0 Å². The Morgan fingerprint density at radius 2 is 2.00 bits per heavy atom. The van der Waals surface area contributed by atoms with Crippen molar-refractivity contribution < 1.29 is 13.2 Å². The van der Waals surface area contributed by atoms with E-state index < -0.39 is 10.0 Å². The van der Waals surface area contributed by atoms with Gasteiger partial charge in [0, 0.05) is 31.1 Å². The number of benzene rings is 1. The third-order valence-electron chi connectivity index (χ3n) is 3.21. The van der Waals surface area contributed by atoms with Gasteiger partial charge in [-0.25, -0.2) is 8.42 Å². The van der Waals surface area contributed by atoms with Crippen molar-refractivity contribution in [3.8, 4) is 0 Å². The number of halogens is 1. The fourth-order valence-corrected chi connectivity index (χ4v) is 2.92. The third-order valence-corrected chi connectivity index (χ3v) is 4.83. The summed E-state index contributed by atoms with van der Waals surface area (Å²) in [5, 5.41) is 3.27. The van der Waals surface area contributed by atoms with Gasteiger partial charge in [-0.3, -0.25) is 4.79 Å². The summed E-state index contributed by atoms with van der Waals surface area (Å²) in [7, 11) is -3.37. The lowest BCUT2D eigenvalue weighted by Crippen LogP contribution is -2.37. The largest absolute Gasteiger partial charge is 0.355 e. The van der Waals surface area contributed by atoms with Gasteiger partial charge in [0.15, 0.2) is 0 Å². The van der Waals surface area contributed by atoms with Gasteiger partial charge in [0.2, 0.25) is 15.9 Å². The van der Waals surface area contributed by atoms with Gasteiger partial charge >= 0.3 is 0 Å². The average Bonchev–Trinajstić information content (AvgIpc) is 2.45. The summed E-state index contributed by atoms with van der Waals surface area (Å²) in [6.45, 7) is 2.73. The van der Waals surface area contributed by atoms with Crippen LogP contribution in [-0.4, -0.2) is 38.0 Å². The van der Waals surface area contributed by atoms with E-state index in [0.717, 1.165) is 24.7 Å². The monoisotopic (exact) mass is 346 g/mol. The smallest absolute Gasteiger partial charge is 0.220 e. The topological polar surface area (TPSA) is 66.5 Å². The minimum atomic E-state index is -3.37. The Labute approximate surface area is 137 Å². The molecule has 124 valence electrons. The van der Waals surface area contributed by atoms with E-state index in [1.54, 1.807) is 18.2 Å². The normalized spacial score (nSPS) is 11.6. The summed E-state index contributed by atoms with van der Waals surface area (Å²) in [5.41, 5.74) is 0.743. The lowest BCUT2D eigenvalue weighted by Gasteiger charge is -2.20. The van der Waals surface area contributed by atoms with Crippen LogP contribution in [0.3, 0.4) is 0 Å². The van der Waals surface area contributed by atoms with Gasteiger partial charge in [-0.15, -0.1) is 0 Å². The second-order valence-corrected chi connectivity index (χ2v) is 7.53. The number of hydrogen-bond acceptors (Lipinski definition) is 3. The molecule has 1 aromatic rings. The van der Waals surface area contributed by atoms with Crippen LogP contribution in [0.4, 0.5) is 0 Å². The van der Waals surface area contributed by atoms with E-state index in [9.17, 15) is 13.2 Å². The maximum Gasteiger partial charge on any atom is 0.220 e. The first-order valence-electron chi connectivity index (χ1n) is 7.29. The van der Waals surface area contributed by atoms with Crippen LogP contribution in [-0.2, 0) is 21.4 Å². The van der Waals surface area contributed by atoms with E-state index in [1.807, 2.05) is 13.0 Å². The number of hydrogen-bond donors (Lipinski definition) is 1. The fourth-order valence-electron chi connectivity index (χ4n) is 1.92. The Hall–Kier alpha value is -1.11. The molecule has 22 heavy (non-hydrogen) atoms. The maximum atomic E-state index is 11.9. The van der Waals surface area contributed by atoms with Crippen molar-refractivity contribution in [1.29, 1.82) is 0 Å². The quantitative estimate of drug-likeness (QED) is 0.746. The Bertz CT molecular complexity index is 590. The molecule has 0 atom stereocenters. The molecule has 0 heterocycles. The third kappa shape index (κ3) is 6.77. The van der Waals surface area contributed by atoms with Gasteiger partial charge in [-0.2, -0.15) is 4.31 Å². The Balaban J connectivity index is 2.60. The zero-order valence-corrected chi connectivity index (χ0v) is 14.6. The molecular formula is C15H23ClN2O3S. The van der Waals surface area contributed by atoms with Crippen LogP contribution in [0.25, 0.3) is 0 Å². The molecule has 1 aromatic carbocycles. The molecule has 0 saturated heterocycles. The molecular weight excluding hydrogens is 324 g/mol. The number of nitrogens with one attached hydrogen (secondary N) is 1. The number of rotatable bonds is 9. The van der Waals surface area contributed by atoms with Crippen molar-refractivity contribution in [2.24, 2.45) is 0 Å².